The molecule has 174 valence electrons. The molecule has 2 aromatic carbocycles. The molecular formula is C24H25BrN2O4S2. The Balaban J connectivity index is 1.77. The van der Waals surface area contributed by atoms with E-state index in [1.54, 1.807) is 17.0 Å². The zero-order valence-corrected chi connectivity index (χ0v) is 22.1. The number of amides is 2. The van der Waals surface area contributed by atoms with Gasteiger partial charge in [-0.05, 0) is 90.7 Å². The van der Waals surface area contributed by atoms with Gasteiger partial charge in [0.25, 0.3) is 11.8 Å². The number of rotatable bonds is 8. The zero-order chi connectivity index (χ0) is 24.1. The van der Waals surface area contributed by atoms with Crippen molar-refractivity contribution in [2.45, 2.75) is 27.7 Å². The Labute approximate surface area is 211 Å². The lowest BCUT2D eigenvalue weighted by Gasteiger charge is -2.15. The second-order valence-electron chi connectivity index (χ2n) is 7.40. The number of anilines is 1. The molecular weight excluding hydrogens is 524 g/mol. The van der Waals surface area contributed by atoms with Crippen LogP contribution in [0.1, 0.15) is 30.5 Å². The first-order valence-corrected chi connectivity index (χ1v) is 12.5. The number of nitrogens with one attached hydrogen (secondary N) is 1. The quantitative estimate of drug-likeness (QED) is 0.337. The standard InChI is InChI=1S/C24H25BrN2O4S2/c1-5-27-23(29)20(33-24(27)32)12-16-10-18(25)22(19(11-16)30-6-2)31-13-21(28)26-17-8-14(3)7-15(4)9-17/h7-12H,5-6,13H2,1-4H3,(H,26,28)/b20-12-. The van der Waals surface area contributed by atoms with Crippen LogP contribution in [0.2, 0.25) is 0 Å². The average molecular weight is 550 g/mol. The lowest BCUT2D eigenvalue weighted by atomic mass is 10.1. The Morgan fingerprint density at radius 3 is 2.45 bits per heavy atom. The third kappa shape index (κ3) is 6.37. The second kappa shape index (κ2) is 11.2. The Kier molecular flexibility index (Phi) is 8.56. The Bertz CT molecular complexity index is 1110. The molecule has 1 N–H and O–H groups in total. The summed E-state index contributed by atoms with van der Waals surface area (Å²) in [6.07, 6.45) is 1.78. The maximum absolute atomic E-state index is 12.5. The van der Waals surface area contributed by atoms with Gasteiger partial charge in [0.2, 0.25) is 0 Å². The predicted octanol–water partition coefficient (Wildman–Crippen LogP) is 5.70. The molecule has 0 saturated carbocycles. The molecule has 0 aromatic heterocycles. The molecule has 1 aliphatic rings. The Hall–Kier alpha value is -2.36. The predicted molar refractivity (Wildman–Crippen MR) is 141 cm³/mol. The van der Waals surface area contributed by atoms with Crippen LogP contribution in [0, 0.1) is 13.8 Å². The van der Waals surface area contributed by atoms with Crippen LogP contribution < -0.4 is 14.8 Å². The Morgan fingerprint density at radius 1 is 1.15 bits per heavy atom. The number of halogens is 1. The highest BCUT2D eigenvalue weighted by Crippen LogP contribution is 2.39. The van der Waals surface area contributed by atoms with Crippen LogP contribution in [0.15, 0.2) is 39.7 Å². The molecule has 0 unspecified atom stereocenters. The number of hydrogen-bond donors (Lipinski definition) is 1. The minimum Gasteiger partial charge on any atom is -0.490 e. The fourth-order valence-corrected chi connectivity index (χ4v) is 5.34. The van der Waals surface area contributed by atoms with Gasteiger partial charge >= 0.3 is 0 Å². The summed E-state index contributed by atoms with van der Waals surface area (Å²) in [5, 5.41) is 2.86. The van der Waals surface area contributed by atoms with Crippen molar-refractivity contribution < 1.29 is 19.1 Å². The summed E-state index contributed by atoms with van der Waals surface area (Å²) in [4.78, 5) is 27.1. The first-order valence-electron chi connectivity index (χ1n) is 10.4. The molecule has 1 heterocycles. The maximum atomic E-state index is 12.5. The molecule has 0 spiro atoms. The molecule has 0 radical (unpaired) electrons. The van der Waals surface area contributed by atoms with E-state index in [2.05, 4.69) is 21.2 Å². The minimum atomic E-state index is -0.276. The van der Waals surface area contributed by atoms with Crippen molar-refractivity contribution in [3.8, 4) is 11.5 Å². The van der Waals surface area contributed by atoms with E-state index < -0.39 is 0 Å². The summed E-state index contributed by atoms with van der Waals surface area (Å²) in [7, 11) is 0. The number of benzene rings is 2. The van der Waals surface area contributed by atoms with Crippen LogP contribution in [0.25, 0.3) is 6.08 Å². The number of thiocarbonyl (C=S) groups is 1. The first-order chi connectivity index (χ1) is 15.7. The zero-order valence-electron chi connectivity index (χ0n) is 18.9. The van der Waals surface area contributed by atoms with E-state index in [0.717, 1.165) is 22.4 Å². The molecule has 3 rings (SSSR count). The van der Waals surface area contributed by atoms with Crippen LogP contribution in [-0.2, 0) is 9.59 Å². The molecule has 0 atom stereocenters. The van der Waals surface area contributed by atoms with E-state index in [0.29, 0.717) is 38.3 Å². The summed E-state index contributed by atoms with van der Waals surface area (Å²) in [5.41, 5.74) is 3.62. The molecule has 0 bridgehead atoms. The van der Waals surface area contributed by atoms with Gasteiger partial charge in [-0.3, -0.25) is 14.5 Å². The highest BCUT2D eigenvalue weighted by atomic mass is 79.9. The number of carbonyl (C=O) groups excluding carboxylic acids is 2. The van der Waals surface area contributed by atoms with Gasteiger partial charge in [0, 0.05) is 12.2 Å². The van der Waals surface area contributed by atoms with E-state index in [4.69, 9.17) is 21.7 Å². The second-order valence-corrected chi connectivity index (χ2v) is 9.93. The lowest BCUT2D eigenvalue weighted by molar-refractivity contribution is -0.122. The van der Waals surface area contributed by atoms with Gasteiger partial charge < -0.3 is 14.8 Å². The molecule has 6 nitrogen and oxygen atoms in total. The van der Waals surface area contributed by atoms with Gasteiger partial charge in [-0.25, -0.2) is 0 Å². The maximum Gasteiger partial charge on any atom is 0.266 e. The molecule has 1 fully saturated rings. The summed E-state index contributed by atoms with van der Waals surface area (Å²) >= 11 is 10.1. The molecule has 0 aliphatic carbocycles. The Morgan fingerprint density at radius 2 is 1.85 bits per heavy atom. The molecule has 1 saturated heterocycles. The minimum absolute atomic E-state index is 0.107. The van der Waals surface area contributed by atoms with Crippen molar-refractivity contribution in [3.63, 3.8) is 0 Å². The van der Waals surface area contributed by atoms with E-state index in [9.17, 15) is 9.59 Å². The average Bonchev–Trinajstić information content (AvgIpc) is 2.99. The van der Waals surface area contributed by atoms with Gasteiger partial charge in [-0.1, -0.05) is 30.0 Å². The largest absolute Gasteiger partial charge is 0.490 e. The highest BCUT2D eigenvalue weighted by molar-refractivity contribution is 9.10. The normalized spacial score (nSPS) is 14.7. The van der Waals surface area contributed by atoms with Crippen molar-refractivity contribution in [1.82, 2.24) is 4.90 Å². The molecule has 2 aromatic rings. The van der Waals surface area contributed by atoms with Crippen molar-refractivity contribution >= 4 is 67.8 Å². The van der Waals surface area contributed by atoms with Crippen LogP contribution in [0.4, 0.5) is 5.69 Å². The number of carbonyl (C=O) groups is 2. The van der Waals surface area contributed by atoms with Gasteiger partial charge in [0.15, 0.2) is 18.1 Å². The third-order valence-electron chi connectivity index (χ3n) is 4.67. The van der Waals surface area contributed by atoms with Crippen LogP contribution in [0.3, 0.4) is 0 Å². The fourth-order valence-electron chi connectivity index (χ4n) is 3.38. The number of nitrogens with zero attached hydrogens (tertiary/aromatic N) is 1. The number of hydrogen-bond acceptors (Lipinski definition) is 6. The molecule has 33 heavy (non-hydrogen) atoms. The van der Waals surface area contributed by atoms with Gasteiger partial charge in [-0.2, -0.15) is 0 Å². The summed E-state index contributed by atoms with van der Waals surface area (Å²) < 4.78 is 12.7. The number of likely N-dealkylation sites (N-methyl/N-ethyl adjacent to an activating group) is 1. The third-order valence-corrected chi connectivity index (χ3v) is 6.64. The van der Waals surface area contributed by atoms with E-state index in [-0.39, 0.29) is 18.4 Å². The van der Waals surface area contributed by atoms with Crippen molar-refractivity contribution in [2.24, 2.45) is 0 Å². The first kappa shape index (κ1) is 25.3. The van der Waals surface area contributed by atoms with Crippen molar-refractivity contribution in [1.29, 1.82) is 0 Å². The summed E-state index contributed by atoms with van der Waals surface area (Å²) in [6, 6.07) is 9.45. The van der Waals surface area contributed by atoms with Gasteiger partial charge in [-0.15, -0.1) is 0 Å². The van der Waals surface area contributed by atoms with Crippen LogP contribution in [-0.4, -0.2) is 40.8 Å². The molecule has 2 amide bonds. The summed E-state index contributed by atoms with van der Waals surface area (Å²) in [6.45, 7) is 8.48. The number of thioether (sulfide) groups is 1. The van der Waals surface area contributed by atoms with Crippen molar-refractivity contribution in [2.75, 3.05) is 25.1 Å². The van der Waals surface area contributed by atoms with E-state index in [1.165, 1.54) is 11.8 Å². The lowest BCUT2D eigenvalue weighted by Crippen LogP contribution is -2.27. The van der Waals surface area contributed by atoms with Crippen molar-refractivity contribution in [3.05, 3.63) is 56.4 Å². The highest BCUT2D eigenvalue weighted by Gasteiger charge is 2.30. The van der Waals surface area contributed by atoms with Crippen LogP contribution in [0.5, 0.6) is 11.5 Å². The monoisotopic (exact) mass is 548 g/mol. The smallest absolute Gasteiger partial charge is 0.266 e. The topological polar surface area (TPSA) is 67.9 Å². The van der Waals surface area contributed by atoms with E-state index >= 15 is 0 Å². The van der Waals surface area contributed by atoms with E-state index in [1.807, 2.05) is 52.0 Å². The van der Waals surface area contributed by atoms with Gasteiger partial charge in [0.05, 0.1) is 16.0 Å². The fraction of sp³-hybridized carbons (Fsp3) is 0.292. The summed E-state index contributed by atoms with van der Waals surface area (Å²) in [5.74, 6) is 0.514. The molecule has 1 aliphatic heterocycles. The van der Waals surface area contributed by atoms with Gasteiger partial charge in [0.1, 0.15) is 4.32 Å². The number of ether oxygens (including phenoxy) is 2. The van der Waals surface area contributed by atoms with Crippen LogP contribution >= 0.6 is 39.9 Å². The SMILES string of the molecule is CCOc1cc(/C=C2\SC(=S)N(CC)C2=O)cc(Br)c1OCC(=O)Nc1cc(C)cc(C)c1. The molecule has 9 heteroatoms. The number of aryl methyl sites for hydroxylation is 2.